The molecule has 5 amide bonds. The van der Waals surface area contributed by atoms with E-state index in [-0.39, 0.29) is 19.3 Å². The minimum Gasteiger partial charge on any atom is -0.480 e. The average Bonchev–Trinajstić information content (AvgIpc) is 2.65. The van der Waals surface area contributed by atoms with E-state index >= 15 is 0 Å². The fraction of sp³-hybridized carbons (Fsp3) is 0.625. The van der Waals surface area contributed by atoms with Gasteiger partial charge in [0, 0.05) is 6.42 Å². The molecule has 170 valence electrons. The predicted octanol–water partition coefficient (Wildman–Crippen LogP) is -3.62. The van der Waals surface area contributed by atoms with Gasteiger partial charge in [0.25, 0.3) is 0 Å². The van der Waals surface area contributed by atoms with E-state index in [0.717, 1.165) is 0 Å². The van der Waals surface area contributed by atoms with E-state index in [2.05, 4.69) is 16.0 Å². The van der Waals surface area contributed by atoms with Crippen molar-refractivity contribution < 1.29 is 33.9 Å². The summed E-state index contributed by atoms with van der Waals surface area (Å²) in [6, 6.07) is -3.65. The fourth-order valence-corrected chi connectivity index (χ4v) is 2.68. The maximum atomic E-state index is 12.6. The van der Waals surface area contributed by atoms with Crippen LogP contribution in [0.5, 0.6) is 0 Å². The highest BCUT2D eigenvalue weighted by atomic mass is 32.2. The van der Waals surface area contributed by atoms with Crippen molar-refractivity contribution in [3.63, 3.8) is 0 Å². The first-order valence-corrected chi connectivity index (χ1v) is 10.3. The van der Waals surface area contributed by atoms with Crippen molar-refractivity contribution in [3.05, 3.63) is 0 Å². The summed E-state index contributed by atoms with van der Waals surface area (Å²) in [5.41, 5.74) is 15.6. The number of carboxylic acid groups (broad SMARTS) is 1. The highest BCUT2D eigenvalue weighted by Gasteiger charge is 2.28. The molecular weight excluding hydrogens is 420 g/mol. The molecule has 3 unspecified atom stereocenters. The van der Waals surface area contributed by atoms with E-state index in [9.17, 15) is 28.8 Å². The third kappa shape index (κ3) is 11.9. The molecule has 0 aliphatic rings. The van der Waals surface area contributed by atoms with Crippen LogP contribution in [0.4, 0.5) is 0 Å². The number of aliphatic carboxylic acids is 1. The summed E-state index contributed by atoms with van der Waals surface area (Å²) < 4.78 is 0. The summed E-state index contributed by atoms with van der Waals surface area (Å²) in [5, 5.41) is 15.6. The van der Waals surface area contributed by atoms with Crippen molar-refractivity contribution >= 4 is 47.3 Å². The molecule has 10 N–H and O–H groups in total. The van der Waals surface area contributed by atoms with E-state index < -0.39 is 66.6 Å². The molecule has 0 aromatic rings. The molecule has 0 aliphatic heterocycles. The number of carboxylic acids is 1. The SMILES string of the molecule is CSCCC(NC(=O)C(CCC(N)=O)NC(=O)C(N)CC(N)=O)C(=O)NCC(=O)O. The molecule has 0 aromatic heterocycles. The van der Waals surface area contributed by atoms with Crippen molar-refractivity contribution in [3.8, 4) is 0 Å². The molecule has 0 fully saturated rings. The Labute approximate surface area is 177 Å². The number of primary amides is 2. The van der Waals surface area contributed by atoms with E-state index in [1.807, 2.05) is 0 Å². The summed E-state index contributed by atoms with van der Waals surface area (Å²) >= 11 is 1.40. The zero-order valence-electron chi connectivity index (χ0n) is 16.5. The molecule has 0 heterocycles. The molecule has 0 saturated carbocycles. The zero-order chi connectivity index (χ0) is 23.3. The summed E-state index contributed by atoms with van der Waals surface area (Å²) in [5.74, 6) is -4.68. The van der Waals surface area contributed by atoms with E-state index in [0.29, 0.717) is 5.75 Å². The van der Waals surface area contributed by atoms with Crippen molar-refractivity contribution in [2.45, 2.75) is 43.8 Å². The number of carbonyl (C=O) groups is 6. The molecule has 0 saturated heterocycles. The molecule has 0 aromatic carbocycles. The largest absolute Gasteiger partial charge is 0.480 e. The lowest BCUT2D eigenvalue weighted by Gasteiger charge is -2.23. The molecule has 0 radical (unpaired) electrons. The Hall–Kier alpha value is -2.87. The smallest absolute Gasteiger partial charge is 0.322 e. The van der Waals surface area contributed by atoms with E-state index in [1.165, 1.54) is 11.8 Å². The number of rotatable bonds is 15. The highest BCUT2D eigenvalue weighted by Crippen LogP contribution is 2.05. The van der Waals surface area contributed by atoms with Crippen molar-refractivity contribution in [1.29, 1.82) is 0 Å². The number of carbonyl (C=O) groups excluding carboxylic acids is 5. The first-order valence-electron chi connectivity index (χ1n) is 8.89. The maximum absolute atomic E-state index is 12.6. The van der Waals surface area contributed by atoms with Crippen LogP contribution in [0.15, 0.2) is 0 Å². The maximum Gasteiger partial charge on any atom is 0.322 e. The lowest BCUT2D eigenvalue weighted by Crippen LogP contribution is -2.56. The van der Waals surface area contributed by atoms with Gasteiger partial charge in [0.1, 0.15) is 18.6 Å². The fourth-order valence-electron chi connectivity index (χ4n) is 2.21. The standard InChI is InChI=1S/C16H28N6O7S/c1-30-5-4-10(15(28)20-7-13(25)26)22-16(29)9(2-3-11(18)23)21-14(27)8(17)6-12(19)24/h8-10H,2-7,17H2,1H3,(H2,18,23)(H2,19,24)(H,20,28)(H,21,27)(H,22,29)(H,25,26). The van der Waals surface area contributed by atoms with E-state index in [1.54, 1.807) is 6.26 Å². The topological polar surface area (TPSA) is 237 Å². The average molecular weight is 449 g/mol. The molecule has 13 nitrogen and oxygen atoms in total. The van der Waals surface area contributed by atoms with E-state index in [4.69, 9.17) is 22.3 Å². The molecule has 0 rings (SSSR count). The van der Waals surface area contributed by atoms with Gasteiger partial charge in [0.05, 0.1) is 12.5 Å². The van der Waals surface area contributed by atoms with Gasteiger partial charge in [-0.1, -0.05) is 0 Å². The van der Waals surface area contributed by atoms with Crippen LogP contribution in [0.2, 0.25) is 0 Å². The van der Waals surface area contributed by atoms with Gasteiger partial charge in [0.15, 0.2) is 0 Å². The van der Waals surface area contributed by atoms with Gasteiger partial charge < -0.3 is 38.3 Å². The van der Waals surface area contributed by atoms with Crippen LogP contribution in [-0.4, -0.2) is 77.3 Å². The number of nitrogens with one attached hydrogen (secondary N) is 3. The van der Waals surface area contributed by atoms with Gasteiger partial charge in [-0.25, -0.2) is 0 Å². The van der Waals surface area contributed by atoms with Crippen LogP contribution >= 0.6 is 11.8 Å². The first kappa shape index (κ1) is 27.1. The molecular formula is C16H28N6O7S. The van der Waals surface area contributed by atoms with Gasteiger partial charge in [-0.05, 0) is 24.9 Å². The minimum atomic E-state index is -1.31. The predicted molar refractivity (Wildman–Crippen MR) is 108 cm³/mol. The number of hydrogen-bond acceptors (Lipinski definition) is 8. The van der Waals surface area contributed by atoms with Crippen LogP contribution < -0.4 is 33.2 Å². The van der Waals surface area contributed by atoms with Crippen LogP contribution in [0.1, 0.15) is 25.7 Å². The lowest BCUT2D eigenvalue weighted by molar-refractivity contribution is -0.138. The monoisotopic (exact) mass is 448 g/mol. The Balaban J connectivity index is 5.27. The quantitative estimate of drug-likeness (QED) is 0.131. The zero-order valence-corrected chi connectivity index (χ0v) is 17.3. The molecule has 0 aliphatic carbocycles. The van der Waals surface area contributed by atoms with Gasteiger partial charge in [-0.15, -0.1) is 0 Å². The molecule has 3 atom stereocenters. The number of amides is 5. The molecule has 14 heteroatoms. The van der Waals surface area contributed by atoms with Crippen LogP contribution in [-0.2, 0) is 28.8 Å². The molecule has 0 spiro atoms. The second kappa shape index (κ2) is 14.2. The third-order valence-corrected chi connectivity index (χ3v) is 4.37. The second-order valence-corrected chi connectivity index (χ2v) is 7.28. The molecule has 0 bridgehead atoms. The Morgan fingerprint density at radius 1 is 0.900 bits per heavy atom. The minimum absolute atomic E-state index is 0.178. The van der Waals surface area contributed by atoms with Crippen LogP contribution in [0.3, 0.4) is 0 Å². The number of hydrogen-bond donors (Lipinski definition) is 7. The van der Waals surface area contributed by atoms with Gasteiger partial charge >= 0.3 is 5.97 Å². The van der Waals surface area contributed by atoms with Crippen molar-refractivity contribution in [2.24, 2.45) is 17.2 Å². The Bertz CT molecular complexity index is 660. The summed E-state index contributed by atoms with van der Waals surface area (Å²) in [4.78, 5) is 69.6. The second-order valence-electron chi connectivity index (χ2n) is 6.30. The van der Waals surface area contributed by atoms with Gasteiger partial charge in [-0.3, -0.25) is 28.8 Å². The molecule has 30 heavy (non-hydrogen) atoms. The Kier molecular flexibility index (Phi) is 12.8. The van der Waals surface area contributed by atoms with Crippen LogP contribution in [0, 0.1) is 0 Å². The first-order chi connectivity index (χ1) is 14.0. The Morgan fingerprint density at radius 2 is 1.47 bits per heavy atom. The van der Waals surface area contributed by atoms with Crippen LogP contribution in [0.25, 0.3) is 0 Å². The van der Waals surface area contributed by atoms with Gasteiger partial charge in [0.2, 0.25) is 29.5 Å². The third-order valence-electron chi connectivity index (χ3n) is 3.73. The summed E-state index contributed by atoms with van der Waals surface area (Å²) in [7, 11) is 0. The number of nitrogens with two attached hydrogens (primary N) is 3. The van der Waals surface area contributed by atoms with Crippen molar-refractivity contribution in [1.82, 2.24) is 16.0 Å². The number of thioether (sulfide) groups is 1. The summed E-state index contributed by atoms with van der Waals surface area (Å²) in [6.07, 6.45) is 1.09. The highest BCUT2D eigenvalue weighted by molar-refractivity contribution is 7.98. The Morgan fingerprint density at radius 3 is 1.97 bits per heavy atom. The lowest BCUT2D eigenvalue weighted by atomic mass is 10.1. The normalized spacial score (nSPS) is 13.4. The van der Waals surface area contributed by atoms with Crippen molar-refractivity contribution in [2.75, 3.05) is 18.6 Å². The summed E-state index contributed by atoms with van der Waals surface area (Å²) in [6.45, 7) is -0.631. The van der Waals surface area contributed by atoms with Gasteiger partial charge in [-0.2, -0.15) is 11.8 Å².